The van der Waals surface area contributed by atoms with Crippen molar-refractivity contribution in [3.8, 4) is 0 Å². The van der Waals surface area contributed by atoms with Gasteiger partial charge in [0.15, 0.2) is 0 Å². The number of hydrogen-bond donors (Lipinski definition) is 1. The van der Waals surface area contributed by atoms with E-state index in [-0.39, 0.29) is 17.8 Å². The van der Waals surface area contributed by atoms with Crippen molar-refractivity contribution in [3.63, 3.8) is 0 Å². The zero-order chi connectivity index (χ0) is 17.7. The van der Waals surface area contributed by atoms with Crippen LogP contribution in [0.15, 0.2) is 30.3 Å². The first kappa shape index (κ1) is 24.5. The van der Waals surface area contributed by atoms with E-state index in [2.05, 4.69) is 63.3 Å². The van der Waals surface area contributed by atoms with Gasteiger partial charge in [0.25, 0.3) is 0 Å². The molecule has 0 radical (unpaired) electrons. The smallest absolute Gasteiger partial charge is 0.0369 e. The minimum Gasteiger partial charge on any atom is -0.309 e. The van der Waals surface area contributed by atoms with Crippen LogP contribution in [0.2, 0.25) is 0 Å². The molecule has 25 heavy (non-hydrogen) atoms. The first-order valence-electron chi connectivity index (χ1n) is 10.3. The Balaban J connectivity index is 0.00000576. The van der Waals surface area contributed by atoms with Crippen LogP contribution < -0.4 is 5.32 Å². The van der Waals surface area contributed by atoms with Crippen LogP contribution in [0.1, 0.15) is 104 Å². The fourth-order valence-electron chi connectivity index (χ4n) is 3.43. The predicted molar refractivity (Wildman–Crippen MR) is 116 cm³/mol. The molecular formula is C23H42ClN. The second-order valence-electron chi connectivity index (χ2n) is 8.35. The molecule has 2 heteroatoms. The van der Waals surface area contributed by atoms with Crippen LogP contribution in [-0.4, -0.2) is 6.54 Å². The Morgan fingerprint density at radius 1 is 0.760 bits per heavy atom. The minimum absolute atomic E-state index is 0. The molecule has 0 fully saturated rings. The van der Waals surface area contributed by atoms with Crippen molar-refractivity contribution in [2.24, 2.45) is 5.41 Å². The summed E-state index contributed by atoms with van der Waals surface area (Å²) < 4.78 is 0. The van der Waals surface area contributed by atoms with Gasteiger partial charge in [-0.2, -0.15) is 0 Å². The van der Waals surface area contributed by atoms with Crippen LogP contribution in [0.5, 0.6) is 0 Å². The summed E-state index contributed by atoms with van der Waals surface area (Å²) in [5.41, 5.74) is 1.66. The van der Waals surface area contributed by atoms with Crippen molar-refractivity contribution in [2.45, 2.75) is 97.9 Å². The van der Waals surface area contributed by atoms with E-state index in [1.54, 1.807) is 0 Å². The number of halogens is 1. The average molecular weight is 368 g/mol. The largest absolute Gasteiger partial charge is 0.309 e. The standard InChI is InChI=1S/C23H41N.ClH/c1-5-6-7-8-9-10-11-12-13-17-20-24-22(23(2,3)4)21-18-15-14-16-19-21;/h14-16,18-19,22,24H,5-13,17,20H2,1-4H3;1H. The molecule has 1 nitrogen and oxygen atoms in total. The Kier molecular flexibility index (Phi) is 14.3. The van der Waals surface area contributed by atoms with Crippen LogP contribution in [0.25, 0.3) is 0 Å². The van der Waals surface area contributed by atoms with Crippen molar-refractivity contribution >= 4 is 12.4 Å². The van der Waals surface area contributed by atoms with Gasteiger partial charge in [0.05, 0.1) is 0 Å². The van der Waals surface area contributed by atoms with E-state index in [1.807, 2.05) is 0 Å². The van der Waals surface area contributed by atoms with Gasteiger partial charge in [0.2, 0.25) is 0 Å². The molecule has 146 valence electrons. The molecule has 1 rings (SSSR count). The molecule has 0 amide bonds. The third kappa shape index (κ3) is 11.7. The van der Waals surface area contributed by atoms with Gasteiger partial charge in [-0.3, -0.25) is 0 Å². The zero-order valence-electron chi connectivity index (χ0n) is 17.2. The number of hydrogen-bond acceptors (Lipinski definition) is 1. The van der Waals surface area contributed by atoms with Gasteiger partial charge in [-0.25, -0.2) is 0 Å². The van der Waals surface area contributed by atoms with Crippen molar-refractivity contribution < 1.29 is 0 Å². The van der Waals surface area contributed by atoms with Gasteiger partial charge in [-0.1, -0.05) is 116 Å². The van der Waals surface area contributed by atoms with Gasteiger partial charge < -0.3 is 5.32 Å². The van der Waals surface area contributed by atoms with Crippen LogP contribution in [-0.2, 0) is 0 Å². The van der Waals surface area contributed by atoms with Gasteiger partial charge in [-0.05, 0) is 23.9 Å². The number of rotatable bonds is 13. The lowest BCUT2D eigenvalue weighted by molar-refractivity contribution is 0.271. The third-order valence-electron chi connectivity index (χ3n) is 4.88. The molecule has 0 aliphatic carbocycles. The summed E-state index contributed by atoms with van der Waals surface area (Å²) in [5.74, 6) is 0. The van der Waals surface area contributed by atoms with Gasteiger partial charge in [-0.15, -0.1) is 12.4 Å². The van der Waals surface area contributed by atoms with Crippen LogP contribution in [0.4, 0.5) is 0 Å². The van der Waals surface area contributed by atoms with Gasteiger partial charge in [0, 0.05) is 6.04 Å². The zero-order valence-corrected chi connectivity index (χ0v) is 18.0. The van der Waals surface area contributed by atoms with Gasteiger partial charge in [0.1, 0.15) is 0 Å². The molecular weight excluding hydrogens is 326 g/mol. The SMILES string of the molecule is CCCCCCCCCCCCNC(c1ccccc1)C(C)(C)C.Cl. The maximum Gasteiger partial charge on any atom is 0.0369 e. The first-order chi connectivity index (χ1) is 11.6. The molecule has 0 saturated heterocycles. The number of unbranched alkanes of at least 4 members (excludes halogenated alkanes) is 9. The Bertz CT molecular complexity index is 396. The molecule has 1 aromatic carbocycles. The molecule has 1 atom stereocenters. The summed E-state index contributed by atoms with van der Waals surface area (Å²) in [4.78, 5) is 0. The topological polar surface area (TPSA) is 12.0 Å². The maximum atomic E-state index is 3.80. The fourth-order valence-corrected chi connectivity index (χ4v) is 3.43. The van der Waals surface area contributed by atoms with Crippen molar-refractivity contribution in [1.29, 1.82) is 0 Å². The quantitative estimate of drug-likeness (QED) is 0.352. The van der Waals surface area contributed by atoms with E-state index < -0.39 is 0 Å². The highest BCUT2D eigenvalue weighted by atomic mass is 35.5. The summed E-state index contributed by atoms with van der Waals surface area (Å²) in [6, 6.07) is 11.3. The molecule has 0 spiro atoms. The molecule has 1 N–H and O–H groups in total. The lowest BCUT2D eigenvalue weighted by Crippen LogP contribution is -2.33. The van der Waals surface area contributed by atoms with E-state index in [4.69, 9.17) is 0 Å². The summed E-state index contributed by atoms with van der Waals surface area (Å²) >= 11 is 0. The number of benzene rings is 1. The van der Waals surface area contributed by atoms with Crippen LogP contribution in [0.3, 0.4) is 0 Å². The van der Waals surface area contributed by atoms with Crippen LogP contribution >= 0.6 is 12.4 Å². The fraction of sp³-hybridized carbons (Fsp3) is 0.739. The Labute approximate surface area is 163 Å². The second-order valence-corrected chi connectivity index (χ2v) is 8.35. The lowest BCUT2D eigenvalue weighted by Gasteiger charge is -2.32. The summed E-state index contributed by atoms with van der Waals surface area (Å²) in [7, 11) is 0. The molecule has 0 aliphatic heterocycles. The highest BCUT2D eigenvalue weighted by molar-refractivity contribution is 5.85. The van der Waals surface area contributed by atoms with E-state index in [1.165, 1.54) is 69.8 Å². The molecule has 0 heterocycles. The van der Waals surface area contributed by atoms with E-state index >= 15 is 0 Å². The lowest BCUT2D eigenvalue weighted by atomic mass is 9.82. The molecule has 1 aromatic rings. The highest BCUT2D eigenvalue weighted by Crippen LogP contribution is 2.32. The molecule has 0 aliphatic rings. The number of nitrogens with one attached hydrogen (secondary N) is 1. The van der Waals surface area contributed by atoms with Gasteiger partial charge >= 0.3 is 0 Å². The Morgan fingerprint density at radius 2 is 1.24 bits per heavy atom. The minimum atomic E-state index is 0. The Morgan fingerprint density at radius 3 is 1.72 bits per heavy atom. The molecule has 0 saturated carbocycles. The monoisotopic (exact) mass is 367 g/mol. The average Bonchev–Trinajstić information content (AvgIpc) is 2.55. The maximum absolute atomic E-state index is 3.80. The van der Waals surface area contributed by atoms with E-state index in [9.17, 15) is 0 Å². The molecule has 0 bridgehead atoms. The van der Waals surface area contributed by atoms with Crippen molar-refractivity contribution in [2.75, 3.05) is 6.54 Å². The van der Waals surface area contributed by atoms with Crippen molar-refractivity contribution in [3.05, 3.63) is 35.9 Å². The summed E-state index contributed by atoms with van der Waals surface area (Å²) in [6.07, 6.45) is 14.0. The highest BCUT2D eigenvalue weighted by Gasteiger charge is 2.25. The second kappa shape index (κ2) is 14.6. The summed E-state index contributed by atoms with van der Waals surface area (Å²) in [6.45, 7) is 10.4. The first-order valence-corrected chi connectivity index (χ1v) is 10.3. The van der Waals surface area contributed by atoms with Crippen molar-refractivity contribution in [1.82, 2.24) is 5.32 Å². The normalized spacial score (nSPS) is 12.6. The summed E-state index contributed by atoms with van der Waals surface area (Å²) in [5, 5.41) is 3.80. The van der Waals surface area contributed by atoms with E-state index in [0.29, 0.717) is 6.04 Å². The predicted octanol–water partition coefficient (Wildman–Crippen LogP) is 7.71. The van der Waals surface area contributed by atoms with Crippen LogP contribution in [0, 0.1) is 5.41 Å². The molecule has 1 unspecified atom stereocenters. The Hall–Kier alpha value is -0.530. The molecule has 0 aromatic heterocycles. The third-order valence-corrected chi connectivity index (χ3v) is 4.88. The van der Waals surface area contributed by atoms with E-state index in [0.717, 1.165) is 6.54 Å².